The summed E-state index contributed by atoms with van der Waals surface area (Å²) in [6.07, 6.45) is 0. The molecule has 0 radical (unpaired) electrons. The Hall–Kier alpha value is -0.880. The molecule has 0 aliphatic heterocycles. The smallest absolute Gasteiger partial charge is 0.339 e. The van der Waals surface area contributed by atoms with Crippen molar-refractivity contribution in [2.45, 2.75) is 9.79 Å². The molecule has 0 fully saturated rings. The van der Waals surface area contributed by atoms with E-state index in [-0.39, 0.29) is 20.7 Å². The van der Waals surface area contributed by atoms with Crippen LogP contribution in [0.3, 0.4) is 0 Å². The lowest BCUT2D eigenvalue weighted by Crippen LogP contribution is -2.10. The van der Waals surface area contributed by atoms with Gasteiger partial charge in [-0.2, -0.15) is 8.42 Å². The Bertz CT molecular complexity index is 677. The summed E-state index contributed by atoms with van der Waals surface area (Å²) in [6.45, 7) is 0. The van der Waals surface area contributed by atoms with Crippen LogP contribution in [0.1, 0.15) is 0 Å². The second-order valence-corrected chi connectivity index (χ2v) is 6.47. The molecule has 19 heavy (non-hydrogen) atoms. The van der Waals surface area contributed by atoms with Gasteiger partial charge in [0.25, 0.3) is 0 Å². The molecule has 0 saturated heterocycles. The zero-order valence-corrected chi connectivity index (χ0v) is 12.6. The molecule has 0 N–H and O–H groups in total. The number of hydrogen-bond donors (Lipinski definition) is 1. The average molecular weight is 335 g/mol. The monoisotopic (exact) mass is 334 g/mol. The summed E-state index contributed by atoms with van der Waals surface area (Å²) in [5.74, 6) is -0.106. The van der Waals surface area contributed by atoms with Crippen molar-refractivity contribution in [3.8, 4) is 5.75 Å². The molecule has 2 aromatic rings. The number of benzene rings is 2. The van der Waals surface area contributed by atoms with E-state index in [0.29, 0.717) is 4.90 Å². The van der Waals surface area contributed by atoms with Crippen molar-refractivity contribution in [1.82, 2.24) is 0 Å². The summed E-state index contributed by atoms with van der Waals surface area (Å²) in [5, 5.41) is 0.161. The molecule has 0 saturated carbocycles. The Morgan fingerprint density at radius 3 is 2.05 bits per heavy atom. The van der Waals surface area contributed by atoms with Gasteiger partial charge in [-0.3, -0.25) is 0 Å². The van der Waals surface area contributed by atoms with Gasteiger partial charge < -0.3 is 4.18 Å². The molecular weight excluding hydrogens is 327 g/mol. The number of thiol groups is 1. The molecule has 0 unspecified atom stereocenters. The maximum absolute atomic E-state index is 12.0. The third kappa shape index (κ3) is 3.36. The molecule has 0 bridgehead atoms. The predicted octanol–water partition coefficient (Wildman–Crippen LogP) is 4.05. The fourth-order valence-electron chi connectivity index (χ4n) is 1.37. The van der Waals surface area contributed by atoms with Gasteiger partial charge in [0, 0.05) is 4.90 Å². The largest absolute Gasteiger partial charge is 0.376 e. The van der Waals surface area contributed by atoms with Crippen molar-refractivity contribution < 1.29 is 12.6 Å². The van der Waals surface area contributed by atoms with Gasteiger partial charge in [0.1, 0.15) is 4.90 Å². The summed E-state index contributed by atoms with van der Waals surface area (Å²) in [5.41, 5.74) is 0. The molecule has 0 heterocycles. The van der Waals surface area contributed by atoms with Gasteiger partial charge >= 0.3 is 10.1 Å². The quantitative estimate of drug-likeness (QED) is 0.680. The van der Waals surface area contributed by atoms with Crippen LogP contribution in [0.25, 0.3) is 0 Å². The molecule has 3 nitrogen and oxygen atoms in total. The minimum atomic E-state index is -3.97. The molecule has 100 valence electrons. The molecule has 0 aliphatic rings. The Morgan fingerprint density at radius 2 is 1.53 bits per heavy atom. The van der Waals surface area contributed by atoms with Crippen LogP contribution in [-0.4, -0.2) is 8.42 Å². The van der Waals surface area contributed by atoms with Crippen molar-refractivity contribution in [3.05, 3.63) is 52.5 Å². The lowest BCUT2D eigenvalue weighted by atomic mass is 10.3. The van der Waals surface area contributed by atoms with Crippen LogP contribution >= 0.6 is 35.8 Å². The standard InChI is InChI=1S/C12H8Cl2O3S2/c13-10-6-8(18)7-11(14)12(10)17-19(15,16)9-4-2-1-3-5-9/h1-7,18H. The molecule has 2 rings (SSSR count). The number of rotatable bonds is 3. The summed E-state index contributed by atoms with van der Waals surface area (Å²) in [4.78, 5) is 0.538. The van der Waals surface area contributed by atoms with Crippen LogP contribution in [0, 0.1) is 0 Å². The van der Waals surface area contributed by atoms with Crippen LogP contribution in [0.5, 0.6) is 5.75 Å². The third-order valence-electron chi connectivity index (χ3n) is 2.21. The highest BCUT2D eigenvalue weighted by Gasteiger charge is 2.20. The van der Waals surface area contributed by atoms with Crippen LogP contribution < -0.4 is 4.18 Å². The Labute approximate surface area is 126 Å². The van der Waals surface area contributed by atoms with Crippen molar-refractivity contribution in [1.29, 1.82) is 0 Å². The molecule has 7 heteroatoms. The number of halogens is 2. The molecule has 2 aromatic carbocycles. The van der Waals surface area contributed by atoms with E-state index in [2.05, 4.69) is 12.6 Å². The van der Waals surface area contributed by atoms with Crippen molar-refractivity contribution in [3.63, 3.8) is 0 Å². The summed E-state index contributed by atoms with van der Waals surface area (Å²) < 4.78 is 29.0. The van der Waals surface area contributed by atoms with Crippen molar-refractivity contribution >= 4 is 45.9 Å². The Kier molecular flexibility index (Phi) is 4.30. The van der Waals surface area contributed by atoms with E-state index < -0.39 is 10.1 Å². The highest BCUT2D eigenvalue weighted by Crippen LogP contribution is 2.36. The lowest BCUT2D eigenvalue weighted by Gasteiger charge is -2.10. The van der Waals surface area contributed by atoms with Gasteiger partial charge in [-0.25, -0.2) is 0 Å². The van der Waals surface area contributed by atoms with E-state index in [0.717, 1.165) is 0 Å². The van der Waals surface area contributed by atoms with Gasteiger partial charge in [-0.05, 0) is 24.3 Å². The zero-order chi connectivity index (χ0) is 14.0. The highest BCUT2D eigenvalue weighted by atomic mass is 35.5. The number of hydrogen-bond acceptors (Lipinski definition) is 4. The van der Waals surface area contributed by atoms with Crippen LogP contribution in [0.2, 0.25) is 10.0 Å². The highest BCUT2D eigenvalue weighted by molar-refractivity contribution is 7.87. The van der Waals surface area contributed by atoms with Gasteiger partial charge in [-0.1, -0.05) is 41.4 Å². The van der Waals surface area contributed by atoms with E-state index in [1.807, 2.05) is 0 Å². The van der Waals surface area contributed by atoms with E-state index in [1.54, 1.807) is 18.2 Å². The SMILES string of the molecule is O=S(=O)(Oc1c(Cl)cc(S)cc1Cl)c1ccccc1. The van der Waals surface area contributed by atoms with Gasteiger partial charge in [0.05, 0.1) is 10.0 Å². The fraction of sp³-hybridized carbons (Fsp3) is 0. The second kappa shape index (κ2) is 5.63. The first kappa shape index (κ1) is 14.5. The van der Waals surface area contributed by atoms with E-state index >= 15 is 0 Å². The molecular formula is C12H8Cl2O3S2. The van der Waals surface area contributed by atoms with Crippen LogP contribution in [0.4, 0.5) is 0 Å². The third-order valence-corrected chi connectivity index (χ3v) is 4.26. The van der Waals surface area contributed by atoms with Gasteiger partial charge in [0.15, 0.2) is 5.75 Å². The summed E-state index contributed by atoms with van der Waals surface area (Å²) in [7, 11) is -3.97. The van der Waals surface area contributed by atoms with E-state index in [1.165, 1.54) is 24.3 Å². The minimum Gasteiger partial charge on any atom is -0.376 e. The molecule has 0 atom stereocenters. The van der Waals surface area contributed by atoms with E-state index in [4.69, 9.17) is 27.4 Å². The average Bonchev–Trinajstić information content (AvgIpc) is 2.35. The molecule has 0 amide bonds. The van der Waals surface area contributed by atoms with E-state index in [9.17, 15) is 8.42 Å². The maximum Gasteiger partial charge on any atom is 0.339 e. The van der Waals surface area contributed by atoms with Crippen molar-refractivity contribution in [2.24, 2.45) is 0 Å². The first-order valence-corrected chi connectivity index (χ1v) is 7.69. The zero-order valence-electron chi connectivity index (χ0n) is 9.38. The molecule has 0 aliphatic carbocycles. The molecule has 0 aromatic heterocycles. The van der Waals surface area contributed by atoms with Gasteiger partial charge in [0.2, 0.25) is 0 Å². The first-order chi connectivity index (χ1) is 8.90. The normalized spacial score (nSPS) is 11.3. The maximum atomic E-state index is 12.0. The fourth-order valence-corrected chi connectivity index (χ4v) is 3.42. The second-order valence-electron chi connectivity index (χ2n) is 3.59. The lowest BCUT2D eigenvalue weighted by molar-refractivity contribution is 0.486. The molecule has 0 spiro atoms. The predicted molar refractivity (Wildman–Crippen MR) is 78.0 cm³/mol. The van der Waals surface area contributed by atoms with Crippen LogP contribution in [-0.2, 0) is 10.1 Å². The summed E-state index contributed by atoms with van der Waals surface area (Å²) >= 11 is 15.9. The first-order valence-electron chi connectivity index (χ1n) is 5.08. The van der Waals surface area contributed by atoms with Crippen molar-refractivity contribution in [2.75, 3.05) is 0 Å². The summed E-state index contributed by atoms with van der Waals surface area (Å²) in [6, 6.07) is 10.6. The van der Waals surface area contributed by atoms with Crippen LogP contribution in [0.15, 0.2) is 52.3 Å². The van der Waals surface area contributed by atoms with Gasteiger partial charge in [-0.15, -0.1) is 12.6 Å². The topological polar surface area (TPSA) is 43.4 Å². The Morgan fingerprint density at radius 1 is 1.00 bits per heavy atom. The Balaban J connectivity index is 2.42. The minimum absolute atomic E-state index is 0.0251.